The Bertz CT molecular complexity index is 284. The number of anilines is 1. The van der Waals surface area contributed by atoms with Gasteiger partial charge in [-0.3, -0.25) is 0 Å². The number of likely N-dealkylation sites (N-methyl/N-ethyl adjacent to an activating group) is 1. The molecule has 90 valence electrons. The first-order chi connectivity index (χ1) is 7.76. The third-order valence-electron chi connectivity index (χ3n) is 2.59. The molecular formula is C13H21FN2. The maximum atomic E-state index is 12.7. The SMILES string of the molecule is CCCN(CC)CCNc1ccc(F)cc1. The van der Waals surface area contributed by atoms with Crippen LogP contribution in [0.4, 0.5) is 10.1 Å². The van der Waals surface area contributed by atoms with Gasteiger partial charge in [-0.05, 0) is 43.8 Å². The summed E-state index contributed by atoms with van der Waals surface area (Å²) in [5, 5.41) is 3.29. The van der Waals surface area contributed by atoms with Gasteiger partial charge in [0.25, 0.3) is 0 Å². The zero-order valence-corrected chi connectivity index (χ0v) is 10.2. The van der Waals surface area contributed by atoms with Crippen molar-refractivity contribution >= 4 is 5.69 Å². The fourth-order valence-corrected chi connectivity index (χ4v) is 1.67. The Morgan fingerprint density at radius 3 is 2.38 bits per heavy atom. The van der Waals surface area contributed by atoms with Gasteiger partial charge in [0.2, 0.25) is 0 Å². The second-order valence-corrected chi connectivity index (χ2v) is 3.87. The molecule has 0 bridgehead atoms. The number of hydrogen-bond acceptors (Lipinski definition) is 2. The highest BCUT2D eigenvalue weighted by Gasteiger charge is 1.99. The van der Waals surface area contributed by atoms with E-state index in [1.54, 1.807) is 12.1 Å². The minimum atomic E-state index is -0.188. The lowest BCUT2D eigenvalue weighted by Crippen LogP contribution is -2.29. The van der Waals surface area contributed by atoms with E-state index in [0.717, 1.165) is 31.9 Å². The summed E-state index contributed by atoms with van der Waals surface area (Å²) in [6, 6.07) is 6.49. The van der Waals surface area contributed by atoms with Crippen LogP contribution < -0.4 is 5.32 Å². The smallest absolute Gasteiger partial charge is 0.123 e. The Morgan fingerprint density at radius 2 is 1.81 bits per heavy atom. The van der Waals surface area contributed by atoms with E-state index >= 15 is 0 Å². The molecule has 1 aromatic carbocycles. The second kappa shape index (κ2) is 7.23. The zero-order valence-electron chi connectivity index (χ0n) is 10.2. The number of benzene rings is 1. The van der Waals surface area contributed by atoms with Crippen LogP contribution in [0.15, 0.2) is 24.3 Å². The fraction of sp³-hybridized carbons (Fsp3) is 0.538. The minimum absolute atomic E-state index is 0.188. The van der Waals surface area contributed by atoms with Crippen molar-refractivity contribution in [3.8, 4) is 0 Å². The first-order valence-corrected chi connectivity index (χ1v) is 5.98. The van der Waals surface area contributed by atoms with Gasteiger partial charge in [-0.25, -0.2) is 4.39 Å². The summed E-state index contributed by atoms with van der Waals surface area (Å²) in [7, 11) is 0. The second-order valence-electron chi connectivity index (χ2n) is 3.87. The van der Waals surface area contributed by atoms with E-state index in [-0.39, 0.29) is 5.82 Å². The summed E-state index contributed by atoms with van der Waals surface area (Å²) in [4.78, 5) is 2.40. The van der Waals surface area contributed by atoms with Crippen LogP contribution in [0.25, 0.3) is 0 Å². The average Bonchev–Trinajstić information content (AvgIpc) is 2.30. The van der Waals surface area contributed by atoms with Gasteiger partial charge in [0.15, 0.2) is 0 Å². The van der Waals surface area contributed by atoms with E-state index in [0.29, 0.717) is 0 Å². The standard InChI is InChI=1S/C13H21FN2/c1-3-10-16(4-2)11-9-15-13-7-5-12(14)6-8-13/h5-8,15H,3-4,9-11H2,1-2H3. The Labute approximate surface area is 97.5 Å². The first kappa shape index (κ1) is 13.0. The van der Waals surface area contributed by atoms with Crippen molar-refractivity contribution in [2.75, 3.05) is 31.5 Å². The Kier molecular flexibility index (Phi) is 5.86. The molecule has 1 aromatic rings. The molecule has 0 aliphatic carbocycles. The molecule has 0 fully saturated rings. The molecule has 2 nitrogen and oxygen atoms in total. The van der Waals surface area contributed by atoms with Gasteiger partial charge < -0.3 is 10.2 Å². The molecule has 0 spiro atoms. The molecule has 3 heteroatoms. The number of nitrogens with one attached hydrogen (secondary N) is 1. The quantitative estimate of drug-likeness (QED) is 0.766. The first-order valence-electron chi connectivity index (χ1n) is 5.98. The summed E-state index contributed by atoms with van der Waals surface area (Å²) in [5.41, 5.74) is 0.981. The highest BCUT2D eigenvalue weighted by atomic mass is 19.1. The van der Waals surface area contributed by atoms with E-state index in [1.165, 1.54) is 18.6 Å². The molecule has 0 radical (unpaired) electrons. The molecule has 1 N–H and O–H groups in total. The Balaban J connectivity index is 2.26. The molecule has 0 aromatic heterocycles. The Hall–Kier alpha value is -1.09. The van der Waals surface area contributed by atoms with Crippen LogP contribution in [0.2, 0.25) is 0 Å². The van der Waals surface area contributed by atoms with Crippen LogP contribution in [0.1, 0.15) is 20.3 Å². The van der Waals surface area contributed by atoms with Gasteiger partial charge in [0.05, 0.1) is 0 Å². The normalized spacial score (nSPS) is 10.8. The monoisotopic (exact) mass is 224 g/mol. The summed E-state index contributed by atoms with van der Waals surface area (Å²) in [5.74, 6) is -0.188. The van der Waals surface area contributed by atoms with Crippen molar-refractivity contribution in [2.45, 2.75) is 20.3 Å². The highest BCUT2D eigenvalue weighted by molar-refractivity contribution is 5.42. The summed E-state index contributed by atoms with van der Waals surface area (Å²) < 4.78 is 12.7. The largest absolute Gasteiger partial charge is 0.384 e. The number of nitrogens with zero attached hydrogens (tertiary/aromatic N) is 1. The molecule has 0 saturated heterocycles. The predicted octanol–water partition coefficient (Wildman–Crippen LogP) is 2.97. The van der Waals surface area contributed by atoms with Crippen LogP contribution in [-0.4, -0.2) is 31.1 Å². The average molecular weight is 224 g/mol. The lowest BCUT2D eigenvalue weighted by Gasteiger charge is -2.19. The van der Waals surface area contributed by atoms with Crippen LogP contribution in [0, 0.1) is 5.82 Å². The van der Waals surface area contributed by atoms with Crippen molar-refractivity contribution in [1.29, 1.82) is 0 Å². The van der Waals surface area contributed by atoms with Crippen LogP contribution >= 0.6 is 0 Å². The van der Waals surface area contributed by atoms with E-state index < -0.39 is 0 Å². The third-order valence-corrected chi connectivity index (χ3v) is 2.59. The number of rotatable bonds is 7. The van der Waals surface area contributed by atoms with Gasteiger partial charge in [0.1, 0.15) is 5.82 Å². The van der Waals surface area contributed by atoms with E-state index in [2.05, 4.69) is 24.1 Å². The lowest BCUT2D eigenvalue weighted by molar-refractivity contribution is 0.300. The van der Waals surface area contributed by atoms with Crippen LogP contribution in [-0.2, 0) is 0 Å². The maximum absolute atomic E-state index is 12.7. The van der Waals surface area contributed by atoms with Crippen molar-refractivity contribution in [3.63, 3.8) is 0 Å². The molecule has 0 saturated carbocycles. The Morgan fingerprint density at radius 1 is 1.12 bits per heavy atom. The maximum Gasteiger partial charge on any atom is 0.123 e. The topological polar surface area (TPSA) is 15.3 Å². The minimum Gasteiger partial charge on any atom is -0.384 e. The fourth-order valence-electron chi connectivity index (χ4n) is 1.67. The highest BCUT2D eigenvalue weighted by Crippen LogP contribution is 2.07. The van der Waals surface area contributed by atoms with Crippen LogP contribution in [0.5, 0.6) is 0 Å². The van der Waals surface area contributed by atoms with E-state index in [4.69, 9.17) is 0 Å². The molecule has 1 rings (SSSR count). The zero-order chi connectivity index (χ0) is 11.8. The number of hydrogen-bond donors (Lipinski definition) is 1. The molecule has 0 aliphatic heterocycles. The van der Waals surface area contributed by atoms with Gasteiger partial charge in [0, 0.05) is 18.8 Å². The summed E-state index contributed by atoms with van der Waals surface area (Å²) in [6.07, 6.45) is 1.18. The van der Waals surface area contributed by atoms with E-state index in [9.17, 15) is 4.39 Å². The molecule has 0 unspecified atom stereocenters. The molecule has 16 heavy (non-hydrogen) atoms. The molecule has 0 aliphatic rings. The van der Waals surface area contributed by atoms with Gasteiger partial charge in [-0.2, -0.15) is 0 Å². The van der Waals surface area contributed by atoms with Gasteiger partial charge >= 0.3 is 0 Å². The van der Waals surface area contributed by atoms with E-state index in [1.807, 2.05) is 0 Å². The van der Waals surface area contributed by atoms with Gasteiger partial charge in [-0.15, -0.1) is 0 Å². The molecule has 0 atom stereocenters. The summed E-state index contributed by atoms with van der Waals surface area (Å²) in [6.45, 7) is 8.52. The summed E-state index contributed by atoms with van der Waals surface area (Å²) >= 11 is 0. The lowest BCUT2D eigenvalue weighted by atomic mass is 10.3. The third kappa shape index (κ3) is 4.62. The predicted molar refractivity (Wildman–Crippen MR) is 67.3 cm³/mol. The molecular weight excluding hydrogens is 203 g/mol. The van der Waals surface area contributed by atoms with Crippen molar-refractivity contribution in [2.24, 2.45) is 0 Å². The van der Waals surface area contributed by atoms with Crippen LogP contribution in [0.3, 0.4) is 0 Å². The van der Waals surface area contributed by atoms with Crippen molar-refractivity contribution < 1.29 is 4.39 Å². The number of halogens is 1. The van der Waals surface area contributed by atoms with Crippen molar-refractivity contribution in [3.05, 3.63) is 30.1 Å². The van der Waals surface area contributed by atoms with Gasteiger partial charge in [-0.1, -0.05) is 13.8 Å². The molecule has 0 amide bonds. The molecule has 0 heterocycles. The van der Waals surface area contributed by atoms with Crippen molar-refractivity contribution in [1.82, 2.24) is 4.90 Å².